The third-order valence-corrected chi connectivity index (χ3v) is 7.51. The smallest absolute Gasteiger partial charge is 0.456 e. The highest BCUT2D eigenvalue weighted by molar-refractivity contribution is 6.65. The van der Waals surface area contributed by atoms with Crippen LogP contribution in [0.15, 0.2) is 75.6 Å². The van der Waals surface area contributed by atoms with Crippen molar-refractivity contribution >= 4 is 67.2 Å². The largest absolute Gasteiger partial charge is 0.498 e. The predicted octanol–water partition coefficient (Wildman–Crippen LogP) is 6.94. The summed E-state index contributed by atoms with van der Waals surface area (Å²) in [6.07, 6.45) is 0. The number of rotatable bonds is 1. The van der Waals surface area contributed by atoms with Crippen molar-refractivity contribution < 1.29 is 18.1 Å². The van der Waals surface area contributed by atoms with Gasteiger partial charge in [0.15, 0.2) is 0 Å². The van der Waals surface area contributed by atoms with E-state index in [0.717, 1.165) is 60.1 Å². The Morgan fingerprint density at radius 3 is 1.79 bits per heavy atom. The van der Waals surface area contributed by atoms with Crippen molar-refractivity contribution in [3.05, 3.63) is 66.7 Å². The first kappa shape index (κ1) is 19.2. The minimum Gasteiger partial charge on any atom is -0.456 e. The van der Waals surface area contributed by atoms with Crippen LogP contribution >= 0.6 is 0 Å². The Kier molecular flexibility index (Phi) is 3.60. The van der Waals surface area contributed by atoms with Gasteiger partial charge in [-0.25, -0.2) is 0 Å². The van der Waals surface area contributed by atoms with Gasteiger partial charge in [-0.1, -0.05) is 60.7 Å². The summed E-state index contributed by atoms with van der Waals surface area (Å²) in [5, 5.41) is 6.38. The van der Waals surface area contributed by atoms with E-state index < -0.39 is 18.3 Å². The lowest BCUT2D eigenvalue weighted by atomic mass is 9.78. The first-order valence-corrected chi connectivity index (χ1v) is 11.4. The van der Waals surface area contributed by atoms with E-state index in [0.29, 0.717) is 0 Å². The van der Waals surface area contributed by atoms with Crippen LogP contribution in [0, 0.1) is 0 Å². The fraction of sp³-hybridized carbons (Fsp3) is 0.214. The molecule has 7 rings (SSSR count). The zero-order valence-electron chi connectivity index (χ0n) is 19.1. The SMILES string of the molecule is CC1(C)OB(c2cccc3c2oc2c4ccccc4c4oc5ccccc5c4c32)OC1(C)C. The van der Waals surface area contributed by atoms with E-state index in [1.54, 1.807) is 0 Å². The van der Waals surface area contributed by atoms with Crippen molar-refractivity contribution in [2.75, 3.05) is 0 Å². The molecule has 5 heteroatoms. The highest BCUT2D eigenvalue weighted by atomic mass is 16.7. The molecule has 0 aliphatic carbocycles. The molecular formula is C28H23BO4. The molecule has 0 atom stereocenters. The molecule has 0 unspecified atom stereocenters. The van der Waals surface area contributed by atoms with Gasteiger partial charge in [0.2, 0.25) is 0 Å². The quantitative estimate of drug-likeness (QED) is 0.263. The summed E-state index contributed by atoms with van der Waals surface area (Å²) in [6.45, 7) is 8.28. The van der Waals surface area contributed by atoms with Gasteiger partial charge in [-0.15, -0.1) is 0 Å². The molecule has 4 aromatic carbocycles. The molecule has 4 nitrogen and oxygen atoms in total. The zero-order valence-corrected chi connectivity index (χ0v) is 19.1. The van der Waals surface area contributed by atoms with Crippen LogP contribution < -0.4 is 5.46 Å². The van der Waals surface area contributed by atoms with Gasteiger partial charge in [0, 0.05) is 37.8 Å². The summed E-state index contributed by atoms with van der Waals surface area (Å²) in [5.41, 5.74) is 3.49. The van der Waals surface area contributed by atoms with Crippen LogP contribution in [0.1, 0.15) is 27.7 Å². The van der Waals surface area contributed by atoms with Gasteiger partial charge < -0.3 is 18.1 Å². The normalized spacial score (nSPS) is 17.9. The van der Waals surface area contributed by atoms with Crippen molar-refractivity contribution in [2.45, 2.75) is 38.9 Å². The maximum absolute atomic E-state index is 6.67. The summed E-state index contributed by atoms with van der Waals surface area (Å²) >= 11 is 0. The minimum atomic E-state index is -0.498. The Morgan fingerprint density at radius 1 is 0.545 bits per heavy atom. The van der Waals surface area contributed by atoms with Crippen molar-refractivity contribution in [3.8, 4) is 0 Å². The maximum atomic E-state index is 6.67. The second kappa shape index (κ2) is 6.19. The van der Waals surface area contributed by atoms with E-state index in [9.17, 15) is 0 Å². The molecular weight excluding hydrogens is 411 g/mol. The molecule has 0 amide bonds. The average Bonchev–Trinajstić information content (AvgIpc) is 3.43. The second-order valence-electron chi connectivity index (χ2n) is 9.97. The van der Waals surface area contributed by atoms with E-state index >= 15 is 0 Å². The maximum Gasteiger partial charge on any atom is 0.498 e. The molecule has 1 saturated heterocycles. The second-order valence-corrected chi connectivity index (χ2v) is 9.97. The Hall–Kier alpha value is -3.28. The molecule has 1 fully saturated rings. The molecule has 6 aromatic rings. The van der Waals surface area contributed by atoms with Gasteiger partial charge in [0.05, 0.1) is 11.2 Å². The Morgan fingerprint density at radius 2 is 1.09 bits per heavy atom. The zero-order chi connectivity index (χ0) is 22.5. The number of hydrogen-bond acceptors (Lipinski definition) is 4. The molecule has 162 valence electrons. The third-order valence-electron chi connectivity index (χ3n) is 7.51. The highest BCUT2D eigenvalue weighted by Gasteiger charge is 2.52. The van der Waals surface area contributed by atoms with Crippen molar-refractivity contribution in [3.63, 3.8) is 0 Å². The van der Waals surface area contributed by atoms with Gasteiger partial charge in [0.25, 0.3) is 0 Å². The van der Waals surface area contributed by atoms with Gasteiger partial charge in [-0.3, -0.25) is 0 Å². The van der Waals surface area contributed by atoms with Gasteiger partial charge in [-0.05, 0) is 33.8 Å². The third kappa shape index (κ3) is 2.44. The van der Waals surface area contributed by atoms with Gasteiger partial charge in [-0.2, -0.15) is 0 Å². The van der Waals surface area contributed by atoms with Gasteiger partial charge in [0.1, 0.15) is 22.3 Å². The molecule has 0 spiro atoms. The molecule has 3 heterocycles. The van der Waals surface area contributed by atoms with Crippen LogP contribution in [0.4, 0.5) is 0 Å². The summed E-state index contributed by atoms with van der Waals surface area (Å²) in [7, 11) is -0.498. The van der Waals surface area contributed by atoms with Crippen LogP contribution in [-0.2, 0) is 9.31 Å². The number of hydrogen-bond donors (Lipinski definition) is 0. The first-order chi connectivity index (χ1) is 15.9. The van der Waals surface area contributed by atoms with E-state index in [1.165, 1.54) is 0 Å². The standard InChI is InChI=1S/C28H23BO4/c1-27(2)28(3,4)33-29(32-27)20-14-9-13-19-23-22-18-12-7-8-15-21(18)30-25(22)16-10-5-6-11-17(16)26(23)31-24(19)20/h5-15H,1-4H3. The Labute approximate surface area is 191 Å². The lowest BCUT2D eigenvalue weighted by Gasteiger charge is -2.32. The van der Waals surface area contributed by atoms with E-state index in [-0.39, 0.29) is 0 Å². The number of benzene rings is 4. The first-order valence-electron chi connectivity index (χ1n) is 11.4. The lowest BCUT2D eigenvalue weighted by molar-refractivity contribution is 0.00578. The van der Waals surface area contributed by atoms with Crippen LogP contribution in [0.5, 0.6) is 0 Å². The molecule has 1 aliphatic rings. The monoisotopic (exact) mass is 434 g/mol. The van der Waals surface area contributed by atoms with Crippen molar-refractivity contribution in [1.29, 1.82) is 0 Å². The Bertz CT molecular complexity index is 1720. The Balaban J connectivity index is 1.64. The topological polar surface area (TPSA) is 44.7 Å². The van der Waals surface area contributed by atoms with Crippen LogP contribution in [0.2, 0.25) is 0 Å². The molecule has 0 saturated carbocycles. The highest BCUT2D eigenvalue weighted by Crippen LogP contribution is 2.45. The molecule has 0 bridgehead atoms. The van der Waals surface area contributed by atoms with Crippen molar-refractivity contribution in [1.82, 2.24) is 0 Å². The summed E-state index contributed by atoms with van der Waals surface area (Å²) in [4.78, 5) is 0. The molecule has 0 N–H and O–H groups in total. The molecule has 2 aromatic heterocycles. The van der Waals surface area contributed by atoms with Crippen LogP contribution in [0.25, 0.3) is 54.6 Å². The predicted molar refractivity (Wildman–Crippen MR) is 134 cm³/mol. The minimum absolute atomic E-state index is 0.424. The van der Waals surface area contributed by atoms with E-state index in [4.69, 9.17) is 18.1 Å². The molecule has 0 radical (unpaired) electrons. The lowest BCUT2D eigenvalue weighted by Crippen LogP contribution is -2.41. The molecule has 1 aliphatic heterocycles. The number of furan rings is 2. The summed E-state index contributed by atoms with van der Waals surface area (Å²) < 4.78 is 25.8. The van der Waals surface area contributed by atoms with Crippen LogP contribution in [0.3, 0.4) is 0 Å². The van der Waals surface area contributed by atoms with E-state index in [1.807, 2.05) is 30.3 Å². The summed E-state index contributed by atoms with van der Waals surface area (Å²) in [6, 6.07) is 22.7. The fourth-order valence-electron chi connectivity index (χ4n) is 5.10. The number of para-hydroxylation sites is 2. The summed E-state index contributed by atoms with van der Waals surface area (Å²) in [5.74, 6) is 0. The average molecular weight is 434 g/mol. The van der Waals surface area contributed by atoms with E-state index in [2.05, 4.69) is 64.1 Å². The fourth-order valence-corrected chi connectivity index (χ4v) is 5.10. The number of fused-ring (bicyclic) bond motifs is 10. The van der Waals surface area contributed by atoms with Crippen LogP contribution in [-0.4, -0.2) is 18.3 Å². The van der Waals surface area contributed by atoms with Crippen molar-refractivity contribution in [2.24, 2.45) is 0 Å². The van der Waals surface area contributed by atoms with Gasteiger partial charge >= 0.3 is 7.12 Å². The molecule has 33 heavy (non-hydrogen) atoms.